The van der Waals surface area contributed by atoms with Gasteiger partial charge in [0.05, 0.1) is 0 Å². The van der Waals surface area contributed by atoms with Gasteiger partial charge in [0.1, 0.15) is 0 Å². The van der Waals surface area contributed by atoms with Crippen LogP contribution >= 0.6 is 0 Å². The van der Waals surface area contributed by atoms with Crippen LogP contribution in [0, 0.1) is 0 Å². The summed E-state index contributed by atoms with van der Waals surface area (Å²) in [6, 6.07) is 8.94. The van der Waals surface area contributed by atoms with Gasteiger partial charge in [0.2, 0.25) is 0 Å². The molecule has 1 nitrogen and oxygen atoms in total. The van der Waals surface area contributed by atoms with Crippen molar-refractivity contribution in [2.45, 2.75) is 43.6 Å². The quantitative estimate of drug-likeness (QED) is 0.766. The van der Waals surface area contributed by atoms with Crippen molar-refractivity contribution in [1.82, 2.24) is 0 Å². The van der Waals surface area contributed by atoms with Gasteiger partial charge in [-0.1, -0.05) is 36.4 Å². The second-order valence-corrected chi connectivity index (χ2v) is 5.60. The summed E-state index contributed by atoms with van der Waals surface area (Å²) in [4.78, 5) is 0. The van der Waals surface area contributed by atoms with E-state index in [2.05, 4.69) is 37.8 Å². The van der Waals surface area contributed by atoms with Gasteiger partial charge in [0, 0.05) is 11.0 Å². The lowest BCUT2D eigenvalue weighted by molar-refractivity contribution is 0.736. The molecule has 2 saturated carbocycles. The van der Waals surface area contributed by atoms with E-state index in [1.807, 2.05) is 0 Å². The highest BCUT2D eigenvalue weighted by molar-refractivity contribution is 5.43. The maximum absolute atomic E-state index is 6.18. The van der Waals surface area contributed by atoms with Gasteiger partial charge in [0.15, 0.2) is 0 Å². The maximum atomic E-state index is 6.18. The van der Waals surface area contributed by atoms with Gasteiger partial charge in [-0.25, -0.2) is 0 Å². The van der Waals surface area contributed by atoms with Crippen molar-refractivity contribution in [1.29, 1.82) is 0 Å². The molecule has 3 rings (SSSR count). The Balaban J connectivity index is 1.91. The molecule has 0 radical (unpaired) electrons. The van der Waals surface area contributed by atoms with E-state index in [4.69, 9.17) is 5.73 Å². The van der Waals surface area contributed by atoms with E-state index >= 15 is 0 Å². The Morgan fingerprint density at radius 1 is 1.06 bits per heavy atom. The zero-order valence-electron chi connectivity index (χ0n) is 9.92. The Morgan fingerprint density at radius 3 is 1.94 bits per heavy atom. The van der Waals surface area contributed by atoms with E-state index in [1.54, 1.807) is 0 Å². The van der Waals surface area contributed by atoms with Crippen molar-refractivity contribution < 1.29 is 0 Å². The SMILES string of the molecule is C=C(C)C1(c2ccc(C3(N)CC3)cc2)CC1. The Kier molecular flexibility index (Phi) is 1.88. The molecular weight excluding hydrogens is 194 g/mol. The Bertz CT molecular complexity index is 433. The second kappa shape index (κ2) is 2.98. The molecular formula is C15H19N. The molecule has 1 aromatic rings. The molecule has 0 saturated heterocycles. The molecule has 0 atom stereocenters. The fourth-order valence-corrected chi connectivity index (χ4v) is 2.63. The van der Waals surface area contributed by atoms with Crippen molar-refractivity contribution in [2.24, 2.45) is 5.73 Å². The Labute approximate surface area is 97.4 Å². The van der Waals surface area contributed by atoms with E-state index in [9.17, 15) is 0 Å². The average molecular weight is 213 g/mol. The van der Waals surface area contributed by atoms with Crippen LogP contribution in [0.3, 0.4) is 0 Å². The fraction of sp³-hybridized carbons (Fsp3) is 0.467. The fourth-order valence-electron chi connectivity index (χ4n) is 2.63. The van der Waals surface area contributed by atoms with Gasteiger partial charge in [-0.15, -0.1) is 0 Å². The van der Waals surface area contributed by atoms with Crippen LogP contribution in [-0.4, -0.2) is 0 Å². The van der Waals surface area contributed by atoms with Gasteiger partial charge < -0.3 is 5.73 Å². The van der Waals surface area contributed by atoms with E-state index in [0.29, 0.717) is 5.41 Å². The molecule has 2 aliphatic carbocycles. The highest BCUT2D eigenvalue weighted by Crippen LogP contribution is 2.53. The first-order chi connectivity index (χ1) is 7.57. The molecule has 0 bridgehead atoms. The third-order valence-corrected chi connectivity index (χ3v) is 4.37. The first-order valence-corrected chi connectivity index (χ1v) is 6.13. The predicted octanol–water partition coefficient (Wildman–Crippen LogP) is 3.24. The van der Waals surface area contributed by atoms with E-state index in [1.165, 1.54) is 29.5 Å². The standard InChI is InChI=1S/C15H19N/c1-11(2)14(7-8-14)12-3-5-13(6-4-12)15(16)9-10-15/h3-6H,1,7-10,16H2,2H3. The van der Waals surface area contributed by atoms with Crippen LogP contribution in [0.5, 0.6) is 0 Å². The molecule has 0 spiro atoms. The highest BCUT2D eigenvalue weighted by atomic mass is 14.8. The molecule has 1 heteroatoms. The van der Waals surface area contributed by atoms with Crippen LogP contribution in [0.25, 0.3) is 0 Å². The van der Waals surface area contributed by atoms with Crippen LogP contribution in [0.2, 0.25) is 0 Å². The van der Waals surface area contributed by atoms with Crippen molar-refractivity contribution in [3.05, 3.63) is 47.5 Å². The molecule has 2 fully saturated rings. The molecule has 16 heavy (non-hydrogen) atoms. The Morgan fingerprint density at radius 2 is 1.56 bits per heavy atom. The summed E-state index contributed by atoms with van der Waals surface area (Å²) in [5.41, 5.74) is 10.5. The molecule has 0 amide bonds. The number of benzene rings is 1. The van der Waals surface area contributed by atoms with Gasteiger partial charge in [-0.2, -0.15) is 0 Å². The van der Waals surface area contributed by atoms with Gasteiger partial charge >= 0.3 is 0 Å². The van der Waals surface area contributed by atoms with E-state index in [-0.39, 0.29) is 5.54 Å². The van der Waals surface area contributed by atoms with Gasteiger partial charge in [-0.3, -0.25) is 0 Å². The normalized spacial score (nSPS) is 23.9. The first-order valence-electron chi connectivity index (χ1n) is 6.13. The summed E-state index contributed by atoms with van der Waals surface area (Å²) < 4.78 is 0. The maximum Gasteiger partial charge on any atom is 0.0411 e. The average Bonchev–Trinajstić information content (AvgIpc) is 3.13. The lowest BCUT2D eigenvalue weighted by Gasteiger charge is -2.17. The monoisotopic (exact) mass is 213 g/mol. The predicted molar refractivity (Wildman–Crippen MR) is 67.3 cm³/mol. The molecule has 2 aliphatic rings. The number of allylic oxidation sites excluding steroid dienone is 1. The van der Waals surface area contributed by atoms with Gasteiger partial charge in [-0.05, 0) is 43.7 Å². The number of hydrogen-bond acceptors (Lipinski definition) is 1. The summed E-state index contributed by atoms with van der Waals surface area (Å²) in [6.07, 6.45) is 4.79. The molecule has 0 aromatic heterocycles. The molecule has 84 valence electrons. The van der Waals surface area contributed by atoms with Crippen molar-refractivity contribution >= 4 is 0 Å². The summed E-state index contributed by atoms with van der Waals surface area (Å²) in [5, 5.41) is 0. The minimum Gasteiger partial charge on any atom is -0.321 e. The van der Waals surface area contributed by atoms with E-state index < -0.39 is 0 Å². The Hall–Kier alpha value is -1.08. The van der Waals surface area contributed by atoms with Crippen LogP contribution in [0.1, 0.15) is 43.7 Å². The topological polar surface area (TPSA) is 26.0 Å². The van der Waals surface area contributed by atoms with Crippen LogP contribution in [0.15, 0.2) is 36.4 Å². The van der Waals surface area contributed by atoms with Crippen LogP contribution in [-0.2, 0) is 11.0 Å². The largest absolute Gasteiger partial charge is 0.321 e. The van der Waals surface area contributed by atoms with Crippen molar-refractivity contribution in [3.8, 4) is 0 Å². The first kappa shape index (κ1) is 10.1. The number of nitrogens with two attached hydrogens (primary N) is 1. The number of rotatable bonds is 3. The summed E-state index contributed by atoms with van der Waals surface area (Å²) in [7, 11) is 0. The highest BCUT2D eigenvalue weighted by Gasteiger charge is 2.45. The smallest absolute Gasteiger partial charge is 0.0411 e. The van der Waals surface area contributed by atoms with Crippen LogP contribution in [0.4, 0.5) is 0 Å². The zero-order chi connectivity index (χ0) is 11.4. The third kappa shape index (κ3) is 1.35. The van der Waals surface area contributed by atoms with Crippen molar-refractivity contribution in [2.75, 3.05) is 0 Å². The summed E-state index contributed by atoms with van der Waals surface area (Å²) in [5.74, 6) is 0. The van der Waals surface area contributed by atoms with Crippen molar-refractivity contribution in [3.63, 3.8) is 0 Å². The molecule has 1 aromatic carbocycles. The summed E-state index contributed by atoms with van der Waals surface area (Å²) in [6.45, 7) is 6.27. The third-order valence-electron chi connectivity index (χ3n) is 4.37. The molecule has 0 heterocycles. The van der Waals surface area contributed by atoms with Crippen LogP contribution < -0.4 is 5.73 Å². The minimum atomic E-state index is -0.00152. The lowest BCUT2D eigenvalue weighted by atomic mass is 9.88. The molecule has 0 aliphatic heterocycles. The van der Waals surface area contributed by atoms with E-state index in [0.717, 1.165) is 12.8 Å². The number of hydrogen-bond donors (Lipinski definition) is 1. The second-order valence-electron chi connectivity index (χ2n) is 5.60. The lowest BCUT2D eigenvalue weighted by Crippen LogP contribution is -2.18. The van der Waals surface area contributed by atoms with Gasteiger partial charge in [0.25, 0.3) is 0 Å². The minimum absolute atomic E-state index is 0.00152. The molecule has 0 unspecified atom stereocenters. The molecule has 2 N–H and O–H groups in total. The summed E-state index contributed by atoms with van der Waals surface area (Å²) >= 11 is 0. The zero-order valence-corrected chi connectivity index (χ0v) is 9.92.